The molecular weight excluding hydrogens is 334 g/mol. The molecule has 1 aliphatic carbocycles. The summed E-state index contributed by atoms with van der Waals surface area (Å²) >= 11 is 0. The van der Waals surface area contributed by atoms with Crippen LogP contribution < -0.4 is 5.32 Å². The van der Waals surface area contributed by atoms with Crippen LogP contribution in [-0.2, 0) is 12.8 Å². The first-order chi connectivity index (χ1) is 13.1. The molecule has 0 unspecified atom stereocenters. The molecule has 1 heterocycles. The minimum absolute atomic E-state index is 0.0956. The first-order valence-electron chi connectivity index (χ1n) is 9.20. The van der Waals surface area contributed by atoms with Gasteiger partial charge < -0.3 is 5.32 Å². The number of benzene rings is 3. The Kier molecular flexibility index (Phi) is 3.47. The zero-order chi connectivity index (χ0) is 18.5. The molecule has 3 aromatic carbocycles. The van der Waals surface area contributed by atoms with Gasteiger partial charge >= 0.3 is 0 Å². The maximum absolute atomic E-state index is 13.0. The molecule has 4 nitrogen and oxygen atoms in total. The number of amides is 1. The number of hydrogen-bond acceptors (Lipinski definition) is 3. The summed E-state index contributed by atoms with van der Waals surface area (Å²) in [6.07, 6.45) is 2.11. The molecule has 0 fully saturated rings. The van der Waals surface area contributed by atoms with Crippen LogP contribution in [0.25, 0.3) is 21.8 Å². The van der Waals surface area contributed by atoms with Crippen LogP contribution in [0.4, 0.5) is 5.69 Å². The van der Waals surface area contributed by atoms with E-state index in [4.69, 9.17) is 0 Å². The summed E-state index contributed by atoms with van der Waals surface area (Å²) in [7, 11) is 0. The van der Waals surface area contributed by atoms with E-state index in [2.05, 4.69) is 27.4 Å². The van der Waals surface area contributed by atoms with Gasteiger partial charge in [-0.15, -0.1) is 0 Å². The number of hydrogen-bond donors (Lipinski definition) is 1. The number of carbonyl (C=O) groups is 1. The van der Waals surface area contributed by atoms with Crippen molar-refractivity contribution in [3.8, 4) is 0 Å². The van der Waals surface area contributed by atoms with E-state index in [1.54, 1.807) is 0 Å². The SMILES string of the molecule is Cc1nc2ccc(NC(=O)c3ccc4c5c(cccc35)CC4)cc2nc1C. The monoisotopic (exact) mass is 353 g/mol. The van der Waals surface area contributed by atoms with Gasteiger partial charge in [0.1, 0.15) is 0 Å². The van der Waals surface area contributed by atoms with Crippen molar-refractivity contribution in [2.45, 2.75) is 26.7 Å². The molecule has 4 heteroatoms. The third kappa shape index (κ3) is 2.56. The highest BCUT2D eigenvalue weighted by Gasteiger charge is 2.18. The second-order valence-electron chi connectivity index (χ2n) is 7.16. The highest BCUT2D eigenvalue weighted by Crippen LogP contribution is 2.33. The van der Waals surface area contributed by atoms with Gasteiger partial charge in [0.2, 0.25) is 0 Å². The van der Waals surface area contributed by atoms with E-state index in [1.807, 2.05) is 50.2 Å². The zero-order valence-electron chi connectivity index (χ0n) is 15.3. The molecule has 0 spiro atoms. The molecule has 1 N–H and O–H groups in total. The summed E-state index contributed by atoms with van der Waals surface area (Å²) in [5.74, 6) is -0.0956. The van der Waals surface area contributed by atoms with Gasteiger partial charge in [-0.3, -0.25) is 4.79 Å². The van der Waals surface area contributed by atoms with Gasteiger partial charge in [0.15, 0.2) is 0 Å². The predicted molar refractivity (Wildman–Crippen MR) is 108 cm³/mol. The molecule has 132 valence electrons. The molecule has 1 aliphatic rings. The summed E-state index contributed by atoms with van der Waals surface area (Å²) in [6.45, 7) is 3.90. The van der Waals surface area contributed by atoms with Crippen LogP contribution in [0, 0.1) is 13.8 Å². The van der Waals surface area contributed by atoms with Gasteiger partial charge in [-0.2, -0.15) is 0 Å². The van der Waals surface area contributed by atoms with E-state index in [0.717, 1.165) is 46.3 Å². The Morgan fingerprint density at radius 3 is 2.44 bits per heavy atom. The topological polar surface area (TPSA) is 54.9 Å². The fourth-order valence-electron chi connectivity index (χ4n) is 3.95. The van der Waals surface area contributed by atoms with Crippen molar-refractivity contribution in [3.05, 3.63) is 76.6 Å². The number of aromatic nitrogens is 2. The lowest BCUT2D eigenvalue weighted by molar-refractivity contribution is 0.102. The number of rotatable bonds is 2. The molecular formula is C23H19N3O. The van der Waals surface area contributed by atoms with Crippen LogP contribution >= 0.6 is 0 Å². The van der Waals surface area contributed by atoms with Gasteiger partial charge in [-0.1, -0.05) is 24.3 Å². The molecule has 27 heavy (non-hydrogen) atoms. The van der Waals surface area contributed by atoms with Crippen molar-refractivity contribution in [3.63, 3.8) is 0 Å². The van der Waals surface area contributed by atoms with Crippen LogP contribution in [0.5, 0.6) is 0 Å². The Morgan fingerprint density at radius 1 is 0.889 bits per heavy atom. The molecule has 5 rings (SSSR count). The number of nitrogens with one attached hydrogen (secondary N) is 1. The summed E-state index contributed by atoms with van der Waals surface area (Å²) in [5.41, 5.74) is 7.56. The number of anilines is 1. The van der Waals surface area contributed by atoms with Crippen LogP contribution in [0.15, 0.2) is 48.5 Å². The van der Waals surface area contributed by atoms with Crippen LogP contribution in [0.3, 0.4) is 0 Å². The Balaban J connectivity index is 1.54. The lowest BCUT2D eigenvalue weighted by Crippen LogP contribution is -2.12. The third-order valence-corrected chi connectivity index (χ3v) is 5.45. The highest BCUT2D eigenvalue weighted by molar-refractivity contribution is 6.14. The van der Waals surface area contributed by atoms with Crippen LogP contribution in [0.2, 0.25) is 0 Å². The standard InChI is InChI=1S/C23H19N3O/c1-13-14(2)25-21-12-17(9-11-20(21)24-13)26-23(27)19-10-8-16-7-6-15-4-3-5-18(19)22(15)16/h3-5,8-12H,6-7H2,1-2H3,(H,26,27). The van der Waals surface area contributed by atoms with Crippen molar-refractivity contribution in [2.75, 3.05) is 5.32 Å². The average molecular weight is 353 g/mol. The van der Waals surface area contributed by atoms with Crippen molar-refractivity contribution in [2.24, 2.45) is 0 Å². The lowest BCUT2D eigenvalue weighted by atomic mass is 9.99. The summed E-state index contributed by atoms with van der Waals surface area (Å²) in [5, 5.41) is 5.31. The predicted octanol–water partition coefficient (Wildman–Crippen LogP) is 4.75. The fraction of sp³-hybridized carbons (Fsp3) is 0.174. The molecule has 0 radical (unpaired) electrons. The van der Waals surface area contributed by atoms with E-state index in [1.165, 1.54) is 16.5 Å². The molecule has 0 bridgehead atoms. The van der Waals surface area contributed by atoms with Gasteiger partial charge in [0.05, 0.1) is 22.4 Å². The minimum Gasteiger partial charge on any atom is -0.322 e. The second-order valence-corrected chi connectivity index (χ2v) is 7.16. The molecule has 0 atom stereocenters. The third-order valence-electron chi connectivity index (χ3n) is 5.45. The zero-order valence-corrected chi connectivity index (χ0v) is 15.3. The van der Waals surface area contributed by atoms with E-state index in [0.29, 0.717) is 5.56 Å². The van der Waals surface area contributed by atoms with E-state index in [9.17, 15) is 4.79 Å². The first kappa shape index (κ1) is 15.9. The normalized spacial score (nSPS) is 12.7. The number of nitrogens with zero attached hydrogens (tertiary/aromatic N) is 2. The van der Waals surface area contributed by atoms with Crippen molar-refractivity contribution in [1.29, 1.82) is 0 Å². The molecule has 1 amide bonds. The lowest BCUT2D eigenvalue weighted by Gasteiger charge is -2.11. The van der Waals surface area contributed by atoms with E-state index >= 15 is 0 Å². The highest BCUT2D eigenvalue weighted by atomic mass is 16.1. The molecule has 4 aromatic rings. The molecule has 1 aromatic heterocycles. The van der Waals surface area contributed by atoms with Crippen LogP contribution in [0.1, 0.15) is 32.9 Å². The van der Waals surface area contributed by atoms with Gasteiger partial charge in [0.25, 0.3) is 5.91 Å². The molecule has 0 saturated carbocycles. The Labute approximate surface area is 157 Å². The number of aryl methyl sites for hydroxylation is 4. The maximum Gasteiger partial charge on any atom is 0.256 e. The smallest absolute Gasteiger partial charge is 0.256 e. The first-order valence-corrected chi connectivity index (χ1v) is 9.20. The minimum atomic E-state index is -0.0956. The van der Waals surface area contributed by atoms with Gasteiger partial charge in [-0.25, -0.2) is 9.97 Å². The van der Waals surface area contributed by atoms with E-state index in [-0.39, 0.29) is 5.91 Å². The number of fused-ring (bicyclic) bond motifs is 1. The average Bonchev–Trinajstić information content (AvgIpc) is 3.08. The molecule has 0 saturated heterocycles. The van der Waals surface area contributed by atoms with Gasteiger partial charge in [0, 0.05) is 11.3 Å². The molecule has 0 aliphatic heterocycles. The van der Waals surface area contributed by atoms with Crippen molar-refractivity contribution in [1.82, 2.24) is 9.97 Å². The Bertz CT molecular complexity index is 1230. The van der Waals surface area contributed by atoms with Crippen molar-refractivity contribution >= 4 is 33.4 Å². The fourth-order valence-corrected chi connectivity index (χ4v) is 3.95. The largest absolute Gasteiger partial charge is 0.322 e. The summed E-state index contributed by atoms with van der Waals surface area (Å²) in [6, 6.07) is 15.9. The van der Waals surface area contributed by atoms with Crippen molar-refractivity contribution < 1.29 is 4.79 Å². The van der Waals surface area contributed by atoms with Crippen LogP contribution in [-0.4, -0.2) is 15.9 Å². The van der Waals surface area contributed by atoms with E-state index < -0.39 is 0 Å². The van der Waals surface area contributed by atoms with Gasteiger partial charge in [-0.05, 0) is 72.9 Å². The summed E-state index contributed by atoms with van der Waals surface area (Å²) in [4.78, 5) is 22.1. The quantitative estimate of drug-likeness (QED) is 0.566. The Hall–Kier alpha value is -3.27. The summed E-state index contributed by atoms with van der Waals surface area (Å²) < 4.78 is 0. The second kappa shape index (κ2) is 5.88. The maximum atomic E-state index is 13.0. The number of carbonyl (C=O) groups excluding carboxylic acids is 1. The Morgan fingerprint density at radius 2 is 1.63 bits per heavy atom.